The van der Waals surface area contributed by atoms with Crippen molar-refractivity contribution in [1.82, 2.24) is 16.0 Å². The van der Waals surface area contributed by atoms with Gasteiger partial charge in [-0.25, -0.2) is 0 Å². The van der Waals surface area contributed by atoms with Gasteiger partial charge < -0.3 is 43.4 Å². The number of rotatable bonds is 13. The molecule has 0 aromatic heterocycles. The number of carboxylic acid groups (broad SMARTS) is 1. The van der Waals surface area contributed by atoms with Crippen molar-refractivity contribution in [1.29, 1.82) is 0 Å². The molecule has 0 aromatic rings. The van der Waals surface area contributed by atoms with Crippen LogP contribution in [0.3, 0.4) is 0 Å². The normalized spacial score (nSPS) is 14.6. The summed E-state index contributed by atoms with van der Waals surface area (Å²) in [5.41, 5.74) is 15.6. The largest absolute Gasteiger partial charge is 0.480 e. The van der Waals surface area contributed by atoms with Gasteiger partial charge in [0, 0.05) is 6.42 Å². The van der Waals surface area contributed by atoms with Crippen molar-refractivity contribution in [3.8, 4) is 0 Å². The molecule has 0 aliphatic rings. The Hall–Kier alpha value is -3.26. The summed E-state index contributed by atoms with van der Waals surface area (Å²) in [5.74, 6) is -5.92. The summed E-state index contributed by atoms with van der Waals surface area (Å²) < 4.78 is 0. The van der Waals surface area contributed by atoms with E-state index in [-0.39, 0.29) is 12.8 Å². The number of aliphatic hydroxyl groups excluding tert-OH is 1. The molecular formula is C15H26N6O8. The maximum Gasteiger partial charge on any atom is 0.322 e. The summed E-state index contributed by atoms with van der Waals surface area (Å²) in [5, 5.41) is 24.5. The molecule has 0 radical (unpaired) electrons. The standard InChI is InChI=1S/C15H26N6O8/c1-6(22)12(15(29)19-5-11(25)26)21-14(28)8(4-10(18)24)20-13(27)7(16)2-3-9(17)23/h6-8,12,22H,2-5,16H2,1H3,(H2,17,23)(H2,18,24)(H,19,29)(H,20,27)(H,21,28)(H,25,26). The van der Waals surface area contributed by atoms with Gasteiger partial charge in [-0.1, -0.05) is 0 Å². The van der Waals surface area contributed by atoms with E-state index in [4.69, 9.17) is 22.3 Å². The van der Waals surface area contributed by atoms with Crippen LogP contribution in [0, 0.1) is 0 Å². The van der Waals surface area contributed by atoms with Crippen molar-refractivity contribution in [3.63, 3.8) is 0 Å². The monoisotopic (exact) mass is 418 g/mol. The molecule has 5 amide bonds. The molecular weight excluding hydrogens is 392 g/mol. The number of amides is 5. The molecule has 0 bridgehead atoms. The fourth-order valence-corrected chi connectivity index (χ4v) is 2.05. The molecule has 0 spiro atoms. The zero-order valence-electron chi connectivity index (χ0n) is 15.7. The van der Waals surface area contributed by atoms with Crippen molar-refractivity contribution >= 4 is 35.5 Å². The van der Waals surface area contributed by atoms with Gasteiger partial charge in [-0.2, -0.15) is 0 Å². The van der Waals surface area contributed by atoms with Crippen molar-refractivity contribution < 1.29 is 39.0 Å². The molecule has 0 aliphatic carbocycles. The maximum atomic E-state index is 12.4. The van der Waals surface area contributed by atoms with Gasteiger partial charge in [0.15, 0.2) is 0 Å². The molecule has 0 heterocycles. The molecule has 14 heteroatoms. The van der Waals surface area contributed by atoms with Crippen molar-refractivity contribution in [2.45, 2.75) is 50.4 Å². The summed E-state index contributed by atoms with van der Waals surface area (Å²) in [7, 11) is 0. The van der Waals surface area contributed by atoms with Gasteiger partial charge in [0.1, 0.15) is 18.6 Å². The van der Waals surface area contributed by atoms with E-state index in [1.807, 2.05) is 5.32 Å². The van der Waals surface area contributed by atoms with Crippen molar-refractivity contribution in [2.24, 2.45) is 17.2 Å². The lowest BCUT2D eigenvalue weighted by Gasteiger charge is -2.24. The quantitative estimate of drug-likeness (QED) is 0.142. The van der Waals surface area contributed by atoms with E-state index in [9.17, 15) is 33.9 Å². The van der Waals surface area contributed by atoms with E-state index in [0.717, 1.165) is 6.92 Å². The van der Waals surface area contributed by atoms with Gasteiger partial charge in [-0.05, 0) is 13.3 Å². The molecule has 14 nitrogen and oxygen atoms in total. The summed E-state index contributed by atoms with van der Waals surface area (Å²) in [6.07, 6.45) is -2.38. The van der Waals surface area contributed by atoms with Gasteiger partial charge >= 0.3 is 5.97 Å². The van der Waals surface area contributed by atoms with E-state index in [2.05, 4.69) is 10.6 Å². The summed E-state index contributed by atoms with van der Waals surface area (Å²) >= 11 is 0. The first-order valence-electron chi connectivity index (χ1n) is 8.45. The first kappa shape index (κ1) is 25.7. The Labute approximate surface area is 165 Å². The molecule has 164 valence electrons. The van der Waals surface area contributed by atoms with Crippen LogP contribution in [-0.2, 0) is 28.8 Å². The molecule has 4 atom stereocenters. The Morgan fingerprint density at radius 1 is 0.931 bits per heavy atom. The predicted octanol–water partition coefficient (Wildman–Crippen LogP) is -4.99. The molecule has 0 aromatic carbocycles. The molecule has 11 N–H and O–H groups in total. The maximum absolute atomic E-state index is 12.4. The minimum absolute atomic E-state index is 0.111. The Kier molecular flexibility index (Phi) is 10.9. The molecule has 0 saturated carbocycles. The number of nitrogens with one attached hydrogen (secondary N) is 3. The fraction of sp³-hybridized carbons (Fsp3) is 0.600. The van der Waals surface area contributed by atoms with Crippen LogP contribution >= 0.6 is 0 Å². The summed E-state index contributed by atoms with van der Waals surface area (Å²) in [6, 6.07) is -4.32. The molecule has 4 unspecified atom stereocenters. The molecule has 0 saturated heterocycles. The topological polar surface area (TPSA) is 257 Å². The minimum Gasteiger partial charge on any atom is -0.480 e. The second-order valence-electron chi connectivity index (χ2n) is 6.18. The Bertz CT molecular complexity index is 653. The molecule has 0 rings (SSSR count). The molecule has 29 heavy (non-hydrogen) atoms. The number of aliphatic carboxylic acids is 1. The van der Waals surface area contributed by atoms with E-state index in [1.54, 1.807) is 0 Å². The first-order chi connectivity index (χ1) is 13.3. The third kappa shape index (κ3) is 10.6. The number of aliphatic hydroxyl groups is 1. The highest BCUT2D eigenvalue weighted by Gasteiger charge is 2.31. The highest BCUT2D eigenvalue weighted by Crippen LogP contribution is 2.01. The number of primary amides is 2. The number of carbonyl (C=O) groups excluding carboxylic acids is 5. The number of hydrogen-bond donors (Lipinski definition) is 8. The van der Waals surface area contributed by atoms with Gasteiger partial charge in [0.2, 0.25) is 29.5 Å². The first-order valence-corrected chi connectivity index (χ1v) is 8.45. The lowest BCUT2D eigenvalue weighted by atomic mass is 10.1. The highest BCUT2D eigenvalue weighted by atomic mass is 16.4. The number of hydrogen-bond acceptors (Lipinski definition) is 8. The molecule has 0 fully saturated rings. The number of carbonyl (C=O) groups is 6. The van der Waals surface area contributed by atoms with Gasteiger partial charge in [-0.3, -0.25) is 28.8 Å². The van der Waals surface area contributed by atoms with E-state index >= 15 is 0 Å². The van der Waals surface area contributed by atoms with Gasteiger partial charge in [0.05, 0.1) is 18.6 Å². The SMILES string of the molecule is CC(O)C(NC(=O)C(CC(N)=O)NC(=O)C(N)CCC(N)=O)C(=O)NCC(=O)O. The Balaban J connectivity index is 5.18. The van der Waals surface area contributed by atoms with Crippen LogP contribution in [-0.4, -0.2) is 76.5 Å². The summed E-state index contributed by atoms with van der Waals surface area (Å²) in [4.78, 5) is 68.9. The lowest BCUT2D eigenvalue weighted by molar-refractivity contribution is -0.139. The van der Waals surface area contributed by atoms with Crippen LogP contribution in [0.1, 0.15) is 26.2 Å². The van der Waals surface area contributed by atoms with E-state index in [1.165, 1.54) is 0 Å². The zero-order valence-corrected chi connectivity index (χ0v) is 15.7. The molecule has 0 aliphatic heterocycles. The van der Waals surface area contributed by atoms with Crippen LogP contribution in [0.15, 0.2) is 0 Å². The third-order valence-corrected chi connectivity index (χ3v) is 3.55. The van der Waals surface area contributed by atoms with E-state index in [0.29, 0.717) is 0 Å². The van der Waals surface area contributed by atoms with Crippen LogP contribution in [0.25, 0.3) is 0 Å². The van der Waals surface area contributed by atoms with Crippen LogP contribution < -0.4 is 33.2 Å². The Morgan fingerprint density at radius 3 is 1.97 bits per heavy atom. The second-order valence-corrected chi connectivity index (χ2v) is 6.18. The Morgan fingerprint density at radius 2 is 1.52 bits per heavy atom. The lowest BCUT2D eigenvalue weighted by Crippen LogP contribution is -2.59. The highest BCUT2D eigenvalue weighted by molar-refractivity contribution is 5.96. The van der Waals surface area contributed by atoms with Crippen LogP contribution in [0.2, 0.25) is 0 Å². The fourth-order valence-electron chi connectivity index (χ4n) is 2.05. The minimum atomic E-state index is -1.57. The number of nitrogens with two attached hydrogens (primary N) is 3. The van der Waals surface area contributed by atoms with Crippen LogP contribution in [0.5, 0.6) is 0 Å². The smallest absolute Gasteiger partial charge is 0.322 e. The average Bonchev–Trinajstić information content (AvgIpc) is 2.60. The van der Waals surface area contributed by atoms with Gasteiger partial charge in [-0.15, -0.1) is 0 Å². The number of carboxylic acids is 1. The summed E-state index contributed by atoms with van der Waals surface area (Å²) in [6.45, 7) is 0.404. The second kappa shape index (κ2) is 12.2. The third-order valence-electron chi connectivity index (χ3n) is 3.55. The zero-order chi connectivity index (χ0) is 22.7. The predicted molar refractivity (Wildman–Crippen MR) is 96.4 cm³/mol. The average molecular weight is 418 g/mol. The van der Waals surface area contributed by atoms with Crippen molar-refractivity contribution in [3.05, 3.63) is 0 Å². The van der Waals surface area contributed by atoms with E-state index < -0.39 is 72.7 Å². The van der Waals surface area contributed by atoms with Crippen molar-refractivity contribution in [2.75, 3.05) is 6.54 Å². The van der Waals surface area contributed by atoms with Gasteiger partial charge in [0.25, 0.3) is 0 Å². The van der Waals surface area contributed by atoms with Crippen LogP contribution in [0.4, 0.5) is 0 Å².